The summed E-state index contributed by atoms with van der Waals surface area (Å²) in [5.41, 5.74) is 2.69. The highest BCUT2D eigenvalue weighted by Crippen LogP contribution is 2.47. The molecule has 1 aromatic heterocycles. The molecule has 6 rings (SSSR count). The molecule has 1 amide bonds. The minimum atomic E-state index is -0.570. The van der Waals surface area contributed by atoms with Crippen molar-refractivity contribution in [1.82, 2.24) is 14.8 Å². The van der Waals surface area contributed by atoms with E-state index in [1.54, 1.807) is 15.6 Å². The Bertz CT molecular complexity index is 1470. The van der Waals surface area contributed by atoms with Gasteiger partial charge in [0.1, 0.15) is 5.82 Å². The van der Waals surface area contributed by atoms with Gasteiger partial charge in [-0.3, -0.25) is 14.5 Å². The fraction of sp³-hybridized carbons (Fsp3) is 0.0435. The summed E-state index contributed by atoms with van der Waals surface area (Å²) in [4.78, 5) is 32.2. The predicted octanol–water partition coefficient (Wildman–Crippen LogP) is 4.39. The standard InChI is InChI=1S/C23H12BrFN4O2/c24-13-7-10-18-17(11-13)20-26-21(30)19(12-5-8-14(25)9-6-12)27-29(20)22-15-3-1-2-4-16(15)23(31)28(18)22/h1-11,22H/t22-/m1/s1. The maximum Gasteiger partial charge on any atom is 0.300 e. The molecule has 2 aliphatic heterocycles. The van der Waals surface area contributed by atoms with Crippen LogP contribution in [0.5, 0.6) is 0 Å². The van der Waals surface area contributed by atoms with Gasteiger partial charge in [0.15, 0.2) is 17.7 Å². The molecular formula is C23H12BrFN4O2. The fourth-order valence-electron chi connectivity index (χ4n) is 4.22. The predicted molar refractivity (Wildman–Crippen MR) is 116 cm³/mol. The van der Waals surface area contributed by atoms with Gasteiger partial charge in [0, 0.05) is 26.7 Å². The van der Waals surface area contributed by atoms with E-state index in [4.69, 9.17) is 0 Å². The highest BCUT2D eigenvalue weighted by Gasteiger charge is 2.44. The molecule has 3 aromatic carbocycles. The van der Waals surface area contributed by atoms with Crippen molar-refractivity contribution in [1.29, 1.82) is 0 Å². The molecule has 2 aliphatic rings. The fourth-order valence-corrected chi connectivity index (χ4v) is 4.58. The number of carbonyl (C=O) groups is 1. The van der Waals surface area contributed by atoms with Crippen molar-refractivity contribution < 1.29 is 9.18 Å². The number of carbonyl (C=O) groups excluding carboxylic acids is 1. The number of benzene rings is 3. The zero-order valence-corrected chi connectivity index (χ0v) is 17.4. The second-order valence-electron chi connectivity index (χ2n) is 7.34. The molecular weight excluding hydrogens is 463 g/mol. The van der Waals surface area contributed by atoms with Gasteiger partial charge in [-0.15, -0.1) is 0 Å². The van der Waals surface area contributed by atoms with E-state index >= 15 is 0 Å². The number of aromatic nitrogens is 3. The Hall–Kier alpha value is -3.65. The Morgan fingerprint density at radius 3 is 2.52 bits per heavy atom. The number of anilines is 1. The van der Waals surface area contributed by atoms with Gasteiger partial charge >= 0.3 is 0 Å². The van der Waals surface area contributed by atoms with E-state index in [0.717, 1.165) is 10.0 Å². The summed E-state index contributed by atoms with van der Waals surface area (Å²) in [6.07, 6.45) is -0.570. The van der Waals surface area contributed by atoms with Crippen LogP contribution in [-0.4, -0.2) is 20.7 Å². The zero-order chi connectivity index (χ0) is 21.3. The first kappa shape index (κ1) is 18.1. The molecule has 150 valence electrons. The number of hydrogen-bond donors (Lipinski definition) is 0. The Labute approximate surface area is 183 Å². The summed E-state index contributed by atoms with van der Waals surface area (Å²) >= 11 is 3.46. The Balaban J connectivity index is 1.68. The highest BCUT2D eigenvalue weighted by atomic mass is 79.9. The van der Waals surface area contributed by atoms with Crippen molar-refractivity contribution in [2.45, 2.75) is 6.17 Å². The maximum atomic E-state index is 13.4. The average molecular weight is 475 g/mol. The summed E-state index contributed by atoms with van der Waals surface area (Å²) in [6.45, 7) is 0. The van der Waals surface area contributed by atoms with E-state index in [9.17, 15) is 14.0 Å². The van der Waals surface area contributed by atoms with E-state index < -0.39 is 17.5 Å². The van der Waals surface area contributed by atoms with Crippen LogP contribution in [0.15, 0.2) is 76.0 Å². The van der Waals surface area contributed by atoms with Crippen molar-refractivity contribution in [3.8, 4) is 22.6 Å². The summed E-state index contributed by atoms with van der Waals surface area (Å²) in [5.74, 6) is -0.174. The van der Waals surface area contributed by atoms with E-state index in [1.165, 1.54) is 24.3 Å². The maximum absolute atomic E-state index is 13.4. The Morgan fingerprint density at radius 2 is 1.71 bits per heavy atom. The minimum absolute atomic E-state index is 0.0963. The first-order valence-corrected chi connectivity index (χ1v) is 10.3. The molecule has 6 nitrogen and oxygen atoms in total. The van der Waals surface area contributed by atoms with Crippen molar-refractivity contribution in [3.63, 3.8) is 0 Å². The van der Waals surface area contributed by atoms with Crippen molar-refractivity contribution >= 4 is 27.5 Å². The van der Waals surface area contributed by atoms with Gasteiger partial charge < -0.3 is 0 Å². The lowest BCUT2D eigenvalue weighted by atomic mass is 10.1. The number of halogens is 2. The van der Waals surface area contributed by atoms with Crippen LogP contribution in [0.1, 0.15) is 22.1 Å². The number of fused-ring (bicyclic) bond motifs is 8. The molecule has 0 unspecified atom stereocenters. The van der Waals surface area contributed by atoms with Crippen molar-refractivity contribution in [2.75, 3.05) is 4.90 Å². The van der Waals surface area contributed by atoms with E-state index in [1.807, 2.05) is 36.4 Å². The average Bonchev–Trinajstić information content (AvgIpc) is 3.07. The number of hydrogen-bond acceptors (Lipinski definition) is 4. The van der Waals surface area contributed by atoms with Crippen LogP contribution < -0.4 is 10.5 Å². The molecule has 0 bridgehead atoms. The van der Waals surface area contributed by atoms with Crippen molar-refractivity contribution in [2.24, 2.45) is 0 Å². The van der Waals surface area contributed by atoms with E-state index in [2.05, 4.69) is 26.0 Å². The minimum Gasteiger partial charge on any atom is -0.280 e. The van der Waals surface area contributed by atoms with Crippen LogP contribution >= 0.6 is 15.9 Å². The lowest BCUT2D eigenvalue weighted by Crippen LogP contribution is -2.39. The van der Waals surface area contributed by atoms with Gasteiger partial charge in [-0.2, -0.15) is 10.1 Å². The summed E-state index contributed by atoms with van der Waals surface area (Å²) in [5, 5.41) is 4.63. The molecule has 0 spiro atoms. The molecule has 0 fully saturated rings. The highest BCUT2D eigenvalue weighted by molar-refractivity contribution is 9.10. The molecule has 3 heterocycles. The molecule has 8 heteroatoms. The topological polar surface area (TPSA) is 68.1 Å². The normalized spacial score (nSPS) is 15.9. The number of nitrogens with zero attached hydrogens (tertiary/aromatic N) is 4. The molecule has 1 atom stereocenters. The largest absolute Gasteiger partial charge is 0.300 e. The van der Waals surface area contributed by atoms with Crippen LogP contribution in [0.25, 0.3) is 22.6 Å². The third kappa shape index (κ3) is 2.55. The van der Waals surface area contributed by atoms with Crippen LogP contribution in [0.4, 0.5) is 10.1 Å². The molecule has 0 saturated heterocycles. The second kappa shape index (κ2) is 6.42. The second-order valence-corrected chi connectivity index (χ2v) is 8.25. The van der Waals surface area contributed by atoms with Gasteiger partial charge in [0.25, 0.3) is 11.5 Å². The molecule has 0 saturated carbocycles. The summed E-state index contributed by atoms with van der Waals surface area (Å²) in [6, 6.07) is 18.4. The molecule has 4 aromatic rings. The molecule has 0 aliphatic carbocycles. The van der Waals surface area contributed by atoms with Crippen LogP contribution in [0.2, 0.25) is 0 Å². The summed E-state index contributed by atoms with van der Waals surface area (Å²) in [7, 11) is 0. The summed E-state index contributed by atoms with van der Waals surface area (Å²) < 4.78 is 15.8. The van der Waals surface area contributed by atoms with Gasteiger partial charge in [-0.05, 0) is 48.5 Å². The third-order valence-corrected chi connectivity index (χ3v) is 6.07. The lowest BCUT2D eigenvalue weighted by molar-refractivity contribution is 0.0986. The van der Waals surface area contributed by atoms with E-state index in [0.29, 0.717) is 28.2 Å². The van der Waals surface area contributed by atoms with Crippen LogP contribution in [-0.2, 0) is 0 Å². The lowest BCUT2D eigenvalue weighted by Gasteiger charge is -2.34. The monoisotopic (exact) mass is 474 g/mol. The Kier molecular flexibility index (Phi) is 3.76. The number of amides is 1. The van der Waals surface area contributed by atoms with Gasteiger partial charge in [-0.25, -0.2) is 9.07 Å². The third-order valence-electron chi connectivity index (χ3n) is 5.58. The first-order valence-electron chi connectivity index (χ1n) is 9.52. The first-order chi connectivity index (χ1) is 15.0. The smallest absolute Gasteiger partial charge is 0.280 e. The van der Waals surface area contributed by atoms with Crippen molar-refractivity contribution in [3.05, 3.63) is 98.5 Å². The van der Waals surface area contributed by atoms with Gasteiger partial charge in [-0.1, -0.05) is 34.1 Å². The van der Waals surface area contributed by atoms with Gasteiger partial charge in [0.2, 0.25) is 0 Å². The zero-order valence-electron chi connectivity index (χ0n) is 15.8. The van der Waals surface area contributed by atoms with Crippen LogP contribution in [0.3, 0.4) is 0 Å². The van der Waals surface area contributed by atoms with Gasteiger partial charge in [0.05, 0.1) is 5.69 Å². The van der Waals surface area contributed by atoms with Crippen LogP contribution in [0, 0.1) is 5.82 Å². The molecule has 0 N–H and O–H groups in total. The SMILES string of the molecule is O=C1c2ccccc2[C@@H]2N1c1ccc(Br)cc1-c1nc(=O)c(-c3ccc(F)cc3)nn12. The quantitative estimate of drug-likeness (QED) is 0.410. The number of rotatable bonds is 1. The Morgan fingerprint density at radius 1 is 0.935 bits per heavy atom. The molecule has 31 heavy (non-hydrogen) atoms. The molecule has 0 radical (unpaired) electrons. The van der Waals surface area contributed by atoms with E-state index in [-0.39, 0.29) is 11.6 Å².